The molecule has 0 saturated carbocycles. The molecule has 2 fully saturated rings. The molecule has 0 radical (unpaired) electrons. The summed E-state index contributed by atoms with van der Waals surface area (Å²) < 4.78 is 22.2. The third-order valence-corrected chi connectivity index (χ3v) is 5.25. The van der Waals surface area contributed by atoms with E-state index in [4.69, 9.17) is 18.9 Å². The van der Waals surface area contributed by atoms with Gasteiger partial charge in [-0.1, -0.05) is 13.8 Å². The van der Waals surface area contributed by atoms with Crippen LogP contribution in [0.1, 0.15) is 34.6 Å². The summed E-state index contributed by atoms with van der Waals surface area (Å²) in [6.07, 6.45) is -11.7. The van der Waals surface area contributed by atoms with Gasteiger partial charge in [0.1, 0.15) is 42.9 Å². The van der Waals surface area contributed by atoms with Crippen molar-refractivity contribution < 1.29 is 54.1 Å². The van der Waals surface area contributed by atoms with Gasteiger partial charge in [0.2, 0.25) is 5.91 Å². The number of aliphatic hydroxyl groups is 4. The highest BCUT2D eigenvalue weighted by atomic mass is 16.7. The number of carbonyl (C=O) groups is 2. The Hall–Kier alpha value is -1.96. The van der Waals surface area contributed by atoms with Crippen LogP contribution in [0.2, 0.25) is 0 Å². The van der Waals surface area contributed by atoms with Crippen LogP contribution in [0, 0.1) is 5.92 Å². The Bertz CT molecular complexity index is 697. The van der Waals surface area contributed by atoms with Crippen molar-refractivity contribution in [1.29, 1.82) is 0 Å². The molecule has 0 aromatic heterocycles. The van der Waals surface area contributed by atoms with Gasteiger partial charge in [-0.2, -0.15) is 0 Å². The molecular weight excluding hydrogens is 430 g/mol. The fourth-order valence-corrected chi connectivity index (χ4v) is 3.83. The molecule has 2 saturated heterocycles. The molecule has 12 heteroatoms. The van der Waals surface area contributed by atoms with E-state index in [0.717, 1.165) is 0 Å². The van der Waals surface area contributed by atoms with E-state index in [-0.39, 0.29) is 11.7 Å². The monoisotopic (exact) mass is 463 g/mol. The van der Waals surface area contributed by atoms with E-state index < -0.39 is 73.0 Å². The van der Waals surface area contributed by atoms with Crippen molar-refractivity contribution >= 4 is 11.9 Å². The summed E-state index contributed by atoms with van der Waals surface area (Å²) in [6, 6.07) is -0.952. The predicted molar refractivity (Wildman–Crippen MR) is 107 cm³/mol. The molecule has 12 nitrogen and oxygen atoms in total. The van der Waals surface area contributed by atoms with Crippen LogP contribution in [-0.4, -0.2) is 98.6 Å². The maximum absolute atomic E-state index is 11.8. The molecule has 2 rings (SSSR count). The molecule has 0 aliphatic carbocycles. The maximum atomic E-state index is 11.8. The van der Waals surface area contributed by atoms with Crippen molar-refractivity contribution in [3.63, 3.8) is 0 Å². The molecular formula is C20H33NO11. The minimum atomic E-state index is -1.73. The number of carbonyl (C=O) groups excluding carboxylic acids is 1. The molecule has 9 unspecified atom stereocenters. The number of aliphatic carboxylic acids is 1. The van der Waals surface area contributed by atoms with E-state index in [1.54, 1.807) is 27.7 Å². The number of ether oxygens (including phenoxy) is 4. The molecule has 0 spiro atoms. The van der Waals surface area contributed by atoms with Gasteiger partial charge in [0.05, 0.1) is 12.1 Å². The third-order valence-electron chi connectivity index (χ3n) is 5.25. The quantitative estimate of drug-likeness (QED) is 0.255. The molecule has 2 aliphatic rings. The van der Waals surface area contributed by atoms with Gasteiger partial charge in [-0.3, -0.25) is 4.79 Å². The third kappa shape index (κ3) is 5.69. The largest absolute Gasteiger partial charge is 0.512 e. The van der Waals surface area contributed by atoms with Crippen molar-refractivity contribution in [2.75, 3.05) is 0 Å². The van der Waals surface area contributed by atoms with E-state index in [9.17, 15) is 35.1 Å². The highest BCUT2D eigenvalue weighted by Crippen LogP contribution is 2.33. The first-order valence-corrected chi connectivity index (χ1v) is 10.4. The summed E-state index contributed by atoms with van der Waals surface area (Å²) in [4.78, 5) is 23.5. The van der Waals surface area contributed by atoms with Crippen LogP contribution in [-0.2, 0) is 28.5 Å². The first-order valence-electron chi connectivity index (χ1n) is 10.4. The van der Waals surface area contributed by atoms with Gasteiger partial charge >= 0.3 is 5.97 Å². The van der Waals surface area contributed by atoms with Crippen LogP contribution >= 0.6 is 0 Å². The van der Waals surface area contributed by atoms with Gasteiger partial charge in [-0.15, -0.1) is 0 Å². The summed E-state index contributed by atoms with van der Waals surface area (Å²) in [7, 11) is 0. The Morgan fingerprint density at radius 3 is 2.19 bits per heavy atom. The Morgan fingerprint density at radius 2 is 1.72 bits per heavy atom. The second-order valence-corrected chi connectivity index (χ2v) is 8.52. The number of aliphatic hydroxyl groups excluding tert-OH is 4. The van der Waals surface area contributed by atoms with Crippen molar-refractivity contribution in [2.45, 2.75) is 95.8 Å². The molecule has 0 aromatic carbocycles. The maximum Gasteiger partial charge on any atom is 0.335 e. The smallest absolute Gasteiger partial charge is 0.335 e. The molecule has 0 bridgehead atoms. The number of nitrogens with one attached hydrogen (secondary N) is 1. The Kier molecular flexibility index (Phi) is 8.85. The Labute approximate surface area is 185 Å². The van der Waals surface area contributed by atoms with Crippen LogP contribution in [0.3, 0.4) is 0 Å². The Balaban J connectivity index is 2.36. The van der Waals surface area contributed by atoms with Crippen LogP contribution in [0.25, 0.3) is 0 Å². The van der Waals surface area contributed by atoms with Gasteiger partial charge in [-0.25, -0.2) is 4.79 Å². The van der Waals surface area contributed by atoms with Gasteiger partial charge in [-0.05, 0) is 19.8 Å². The normalized spacial score (nSPS) is 39.2. The number of hydrogen-bond acceptors (Lipinski definition) is 10. The second-order valence-electron chi connectivity index (χ2n) is 8.52. The Morgan fingerprint density at radius 1 is 1.09 bits per heavy atom. The highest BCUT2D eigenvalue weighted by molar-refractivity contribution is 5.74. The minimum Gasteiger partial charge on any atom is -0.512 e. The lowest BCUT2D eigenvalue weighted by Gasteiger charge is -2.47. The summed E-state index contributed by atoms with van der Waals surface area (Å²) in [5.41, 5.74) is 0. The van der Waals surface area contributed by atoms with E-state index >= 15 is 0 Å². The van der Waals surface area contributed by atoms with E-state index in [0.29, 0.717) is 6.26 Å². The standard InChI is InChI=1S/C20H33NO11/c1-7(2)15-11(21-9(5)23)16(12(24)10(6-22)30-15)31-20-14(26)13(25)17(29-8(3)4)18(32-20)19(27)28/h6-8,11-18,20,22,24-26H,1-5H3,(H,21,23)(H,27,28)/b10-6-. The first kappa shape index (κ1) is 26.3. The lowest BCUT2D eigenvalue weighted by atomic mass is 9.88. The average Bonchev–Trinajstić information content (AvgIpc) is 2.68. The molecule has 2 aliphatic heterocycles. The van der Waals surface area contributed by atoms with Crippen molar-refractivity contribution in [3.8, 4) is 0 Å². The highest BCUT2D eigenvalue weighted by Gasteiger charge is 2.53. The molecule has 0 aromatic rings. The fourth-order valence-electron chi connectivity index (χ4n) is 3.83. The van der Waals surface area contributed by atoms with Gasteiger partial charge < -0.3 is 49.8 Å². The van der Waals surface area contributed by atoms with Gasteiger partial charge in [0.15, 0.2) is 18.2 Å². The fraction of sp³-hybridized carbons (Fsp3) is 0.800. The minimum absolute atomic E-state index is 0.209. The van der Waals surface area contributed by atoms with Crippen LogP contribution in [0.15, 0.2) is 12.0 Å². The molecule has 32 heavy (non-hydrogen) atoms. The first-order chi connectivity index (χ1) is 14.9. The topological polar surface area (TPSA) is 184 Å². The number of carboxylic acids is 1. The number of hydrogen-bond donors (Lipinski definition) is 6. The summed E-state index contributed by atoms with van der Waals surface area (Å²) in [5, 5.41) is 53.4. The van der Waals surface area contributed by atoms with Crippen LogP contribution in [0.5, 0.6) is 0 Å². The summed E-state index contributed by atoms with van der Waals surface area (Å²) in [6.45, 7) is 8.08. The van der Waals surface area contributed by atoms with Crippen molar-refractivity contribution in [3.05, 3.63) is 12.0 Å². The SMILES string of the molecule is CC(=O)NC1C(C(C)C)O/C(=C\O)C(O)C1OC1OC(C(=O)O)C(OC(C)C)C(O)C1O. The van der Waals surface area contributed by atoms with E-state index in [1.807, 2.05) is 0 Å². The average molecular weight is 463 g/mol. The zero-order valence-corrected chi connectivity index (χ0v) is 18.6. The molecule has 184 valence electrons. The van der Waals surface area contributed by atoms with Crippen molar-refractivity contribution in [1.82, 2.24) is 5.32 Å². The summed E-state index contributed by atoms with van der Waals surface area (Å²) >= 11 is 0. The van der Waals surface area contributed by atoms with Crippen molar-refractivity contribution in [2.24, 2.45) is 5.92 Å². The van der Waals surface area contributed by atoms with Gasteiger partial charge in [0.25, 0.3) is 0 Å². The van der Waals surface area contributed by atoms with Crippen LogP contribution in [0.4, 0.5) is 0 Å². The number of carboxylic acid groups (broad SMARTS) is 1. The molecule has 6 N–H and O–H groups in total. The van der Waals surface area contributed by atoms with Gasteiger partial charge in [0, 0.05) is 6.92 Å². The van der Waals surface area contributed by atoms with Crippen LogP contribution < -0.4 is 5.32 Å². The predicted octanol–water partition coefficient (Wildman–Crippen LogP) is -0.984. The molecule has 9 atom stereocenters. The molecule has 2 heterocycles. The van der Waals surface area contributed by atoms with E-state index in [1.165, 1.54) is 6.92 Å². The lowest BCUT2D eigenvalue weighted by Crippen LogP contribution is -2.66. The zero-order valence-electron chi connectivity index (χ0n) is 18.6. The second kappa shape index (κ2) is 10.8. The lowest BCUT2D eigenvalue weighted by molar-refractivity contribution is -0.324. The number of amides is 1. The zero-order chi connectivity index (χ0) is 24.3. The summed E-state index contributed by atoms with van der Waals surface area (Å²) in [5.74, 6) is -2.35. The molecule has 1 amide bonds. The van der Waals surface area contributed by atoms with E-state index in [2.05, 4.69) is 5.32 Å². The number of rotatable bonds is 7.